The molecule has 2 aromatic carbocycles. The number of hydrogen-bond acceptors (Lipinski definition) is 2. The second-order valence-electron chi connectivity index (χ2n) is 4.21. The van der Waals surface area contributed by atoms with Crippen LogP contribution in [0.5, 0.6) is 0 Å². The lowest BCUT2D eigenvalue weighted by molar-refractivity contribution is 0.943. The summed E-state index contributed by atoms with van der Waals surface area (Å²) >= 11 is 11.2. The van der Waals surface area contributed by atoms with Gasteiger partial charge in [-0.1, -0.05) is 45.7 Å². The van der Waals surface area contributed by atoms with Gasteiger partial charge < -0.3 is 5.73 Å². The SMILES string of the molecule is NCCc1ccc(Br)cc1SCc1ccc(Cl)cc1. The van der Waals surface area contributed by atoms with Gasteiger partial charge in [0, 0.05) is 20.1 Å². The van der Waals surface area contributed by atoms with Gasteiger partial charge in [0.05, 0.1) is 0 Å². The highest BCUT2D eigenvalue weighted by Crippen LogP contribution is 2.29. The highest BCUT2D eigenvalue weighted by molar-refractivity contribution is 9.10. The summed E-state index contributed by atoms with van der Waals surface area (Å²) in [5.74, 6) is 0.936. The van der Waals surface area contributed by atoms with Crippen molar-refractivity contribution in [2.24, 2.45) is 5.73 Å². The molecular weight excluding hydrogens is 342 g/mol. The van der Waals surface area contributed by atoms with Gasteiger partial charge in [-0.3, -0.25) is 0 Å². The Hall–Kier alpha value is -0.480. The van der Waals surface area contributed by atoms with Gasteiger partial charge in [0.1, 0.15) is 0 Å². The van der Waals surface area contributed by atoms with Gasteiger partial charge >= 0.3 is 0 Å². The van der Waals surface area contributed by atoms with Gasteiger partial charge in [-0.15, -0.1) is 11.8 Å². The van der Waals surface area contributed by atoms with Crippen LogP contribution in [0.3, 0.4) is 0 Å². The molecule has 4 heteroatoms. The van der Waals surface area contributed by atoms with E-state index >= 15 is 0 Å². The lowest BCUT2D eigenvalue weighted by Crippen LogP contribution is -2.03. The molecule has 0 atom stereocenters. The van der Waals surface area contributed by atoms with Crippen molar-refractivity contribution in [1.82, 2.24) is 0 Å². The minimum Gasteiger partial charge on any atom is -0.330 e. The minimum absolute atomic E-state index is 0.677. The number of thioether (sulfide) groups is 1. The molecule has 2 aromatic rings. The standard InChI is InChI=1S/C15H15BrClNS/c16-13-4-3-12(7-8-18)15(9-13)19-10-11-1-5-14(17)6-2-11/h1-6,9H,7-8,10,18H2. The van der Waals surface area contributed by atoms with Crippen LogP contribution < -0.4 is 5.73 Å². The Balaban J connectivity index is 2.09. The smallest absolute Gasteiger partial charge is 0.0406 e. The van der Waals surface area contributed by atoms with Crippen LogP contribution in [0.1, 0.15) is 11.1 Å². The van der Waals surface area contributed by atoms with E-state index < -0.39 is 0 Å². The van der Waals surface area contributed by atoms with Crippen molar-refractivity contribution in [1.29, 1.82) is 0 Å². The molecule has 0 bridgehead atoms. The van der Waals surface area contributed by atoms with Crippen molar-refractivity contribution in [3.63, 3.8) is 0 Å². The topological polar surface area (TPSA) is 26.0 Å². The monoisotopic (exact) mass is 355 g/mol. The van der Waals surface area contributed by atoms with Crippen LogP contribution in [-0.2, 0) is 12.2 Å². The number of hydrogen-bond donors (Lipinski definition) is 1. The fourth-order valence-corrected chi connectivity index (χ4v) is 3.49. The molecule has 0 radical (unpaired) electrons. The summed E-state index contributed by atoms with van der Waals surface area (Å²) in [7, 11) is 0. The summed E-state index contributed by atoms with van der Waals surface area (Å²) in [6.07, 6.45) is 0.913. The first-order chi connectivity index (χ1) is 9.19. The van der Waals surface area contributed by atoms with E-state index in [0.717, 1.165) is 21.7 Å². The Morgan fingerprint density at radius 3 is 2.53 bits per heavy atom. The molecule has 0 amide bonds. The number of halogens is 2. The van der Waals surface area contributed by atoms with Crippen LogP contribution in [0.25, 0.3) is 0 Å². The lowest BCUT2D eigenvalue weighted by Gasteiger charge is -2.09. The van der Waals surface area contributed by atoms with E-state index in [1.165, 1.54) is 16.0 Å². The molecule has 19 heavy (non-hydrogen) atoms. The minimum atomic E-state index is 0.677. The van der Waals surface area contributed by atoms with Gasteiger partial charge in [0.2, 0.25) is 0 Å². The van der Waals surface area contributed by atoms with Crippen LogP contribution in [-0.4, -0.2) is 6.54 Å². The zero-order valence-electron chi connectivity index (χ0n) is 10.4. The normalized spacial score (nSPS) is 10.7. The maximum Gasteiger partial charge on any atom is 0.0406 e. The fraction of sp³-hybridized carbons (Fsp3) is 0.200. The molecule has 0 aliphatic heterocycles. The average molecular weight is 357 g/mol. The molecule has 0 aliphatic carbocycles. The highest BCUT2D eigenvalue weighted by atomic mass is 79.9. The van der Waals surface area contributed by atoms with Crippen molar-refractivity contribution < 1.29 is 0 Å². The molecule has 0 saturated carbocycles. The van der Waals surface area contributed by atoms with Gasteiger partial charge in [0.15, 0.2) is 0 Å². The van der Waals surface area contributed by atoms with E-state index in [9.17, 15) is 0 Å². The average Bonchev–Trinajstić information content (AvgIpc) is 2.41. The summed E-state index contributed by atoms with van der Waals surface area (Å²) in [6.45, 7) is 0.677. The molecule has 0 saturated heterocycles. The molecule has 0 fully saturated rings. The Bertz CT molecular complexity index is 542. The first-order valence-corrected chi connectivity index (χ1v) is 8.20. The van der Waals surface area contributed by atoms with Gasteiger partial charge in [-0.2, -0.15) is 0 Å². The predicted molar refractivity (Wildman–Crippen MR) is 87.9 cm³/mol. The van der Waals surface area contributed by atoms with Crippen LogP contribution in [0.4, 0.5) is 0 Å². The third-order valence-corrected chi connectivity index (χ3v) is 4.66. The van der Waals surface area contributed by atoms with Crippen LogP contribution in [0.15, 0.2) is 51.8 Å². The first-order valence-electron chi connectivity index (χ1n) is 6.05. The Labute approximate surface area is 131 Å². The maximum absolute atomic E-state index is 5.89. The third-order valence-electron chi connectivity index (χ3n) is 2.75. The van der Waals surface area contributed by atoms with Gasteiger partial charge in [0.25, 0.3) is 0 Å². The first kappa shape index (κ1) is 14.9. The van der Waals surface area contributed by atoms with Crippen molar-refractivity contribution in [2.75, 3.05) is 6.54 Å². The van der Waals surface area contributed by atoms with E-state index in [1.807, 2.05) is 23.9 Å². The van der Waals surface area contributed by atoms with E-state index in [2.05, 4.69) is 46.3 Å². The van der Waals surface area contributed by atoms with Crippen molar-refractivity contribution in [3.05, 3.63) is 63.1 Å². The van der Waals surface area contributed by atoms with E-state index in [4.69, 9.17) is 17.3 Å². The molecule has 0 spiro atoms. The van der Waals surface area contributed by atoms with Crippen LogP contribution in [0, 0.1) is 0 Å². The van der Waals surface area contributed by atoms with Gasteiger partial charge in [-0.05, 0) is 48.4 Å². The Morgan fingerprint density at radius 1 is 1.11 bits per heavy atom. The van der Waals surface area contributed by atoms with E-state index in [0.29, 0.717) is 6.54 Å². The molecule has 0 aromatic heterocycles. The molecular formula is C15H15BrClNS. The van der Waals surface area contributed by atoms with Gasteiger partial charge in [-0.25, -0.2) is 0 Å². The Morgan fingerprint density at radius 2 is 1.84 bits per heavy atom. The van der Waals surface area contributed by atoms with Crippen LogP contribution in [0.2, 0.25) is 5.02 Å². The quantitative estimate of drug-likeness (QED) is 0.771. The molecule has 1 nitrogen and oxygen atoms in total. The summed E-state index contributed by atoms with van der Waals surface area (Å²) < 4.78 is 1.10. The second-order valence-corrected chi connectivity index (χ2v) is 6.58. The largest absolute Gasteiger partial charge is 0.330 e. The second kappa shape index (κ2) is 7.34. The third kappa shape index (κ3) is 4.53. The fourth-order valence-electron chi connectivity index (χ4n) is 1.77. The van der Waals surface area contributed by atoms with Crippen molar-refractivity contribution >= 4 is 39.3 Å². The lowest BCUT2D eigenvalue weighted by atomic mass is 10.1. The van der Waals surface area contributed by atoms with E-state index in [-0.39, 0.29) is 0 Å². The molecule has 0 unspecified atom stereocenters. The molecule has 2 N–H and O–H groups in total. The summed E-state index contributed by atoms with van der Waals surface area (Å²) in [4.78, 5) is 1.29. The molecule has 0 heterocycles. The number of nitrogens with two attached hydrogens (primary N) is 1. The molecule has 2 rings (SSSR count). The molecule has 100 valence electrons. The molecule has 0 aliphatic rings. The Kier molecular flexibility index (Phi) is 5.76. The number of benzene rings is 2. The summed E-state index contributed by atoms with van der Waals surface area (Å²) in [6, 6.07) is 14.4. The summed E-state index contributed by atoms with van der Waals surface area (Å²) in [5.41, 5.74) is 8.24. The predicted octanol–water partition coefficient (Wildman–Crippen LogP) is 4.90. The summed E-state index contributed by atoms with van der Waals surface area (Å²) in [5, 5.41) is 0.778. The van der Waals surface area contributed by atoms with Crippen LogP contribution >= 0.6 is 39.3 Å². The number of rotatable bonds is 5. The zero-order chi connectivity index (χ0) is 13.7. The van der Waals surface area contributed by atoms with E-state index in [1.54, 1.807) is 0 Å². The van der Waals surface area contributed by atoms with Crippen molar-refractivity contribution in [2.45, 2.75) is 17.1 Å². The van der Waals surface area contributed by atoms with Crippen molar-refractivity contribution in [3.8, 4) is 0 Å². The maximum atomic E-state index is 5.89. The zero-order valence-corrected chi connectivity index (χ0v) is 13.6. The highest BCUT2D eigenvalue weighted by Gasteiger charge is 2.04.